The lowest BCUT2D eigenvalue weighted by Crippen LogP contribution is -2.51. The lowest BCUT2D eigenvalue weighted by atomic mass is 9.86. The second-order valence-electron chi connectivity index (χ2n) is 7.57. The van der Waals surface area contributed by atoms with E-state index < -0.39 is 0 Å². The fourth-order valence-electron chi connectivity index (χ4n) is 4.65. The van der Waals surface area contributed by atoms with Crippen LogP contribution < -0.4 is 0 Å². The molecule has 2 saturated heterocycles. The Bertz CT molecular complexity index is 681. The second-order valence-corrected chi connectivity index (χ2v) is 7.57. The van der Waals surface area contributed by atoms with Crippen LogP contribution in [0.5, 0.6) is 0 Å². The number of carbonyl (C=O) groups excluding carboxylic acids is 2. The molecule has 0 radical (unpaired) electrons. The number of ether oxygens (including phenoxy) is 1. The van der Waals surface area contributed by atoms with Crippen molar-refractivity contribution in [1.82, 2.24) is 9.80 Å². The van der Waals surface area contributed by atoms with Gasteiger partial charge in [-0.15, -0.1) is 0 Å². The molecule has 0 saturated carbocycles. The minimum Gasteiger partial charge on any atom is -0.384 e. The van der Waals surface area contributed by atoms with Crippen molar-refractivity contribution in [2.24, 2.45) is 0 Å². The first kappa shape index (κ1) is 19.8. The van der Waals surface area contributed by atoms with E-state index in [1.165, 1.54) is 6.07 Å². The van der Waals surface area contributed by atoms with Crippen LogP contribution in [0.1, 0.15) is 50.5 Å². The molecule has 0 spiro atoms. The fraction of sp³-hybridized carbons (Fsp3) is 0.619. The molecule has 6 heteroatoms. The summed E-state index contributed by atoms with van der Waals surface area (Å²) in [6, 6.07) is 6.46. The number of hydrogen-bond acceptors (Lipinski definition) is 3. The summed E-state index contributed by atoms with van der Waals surface area (Å²) in [6.07, 6.45) is 4.26. The molecule has 0 aromatic heterocycles. The van der Waals surface area contributed by atoms with Gasteiger partial charge in [0.2, 0.25) is 11.8 Å². The molecule has 1 aromatic rings. The smallest absolute Gasteiger partial charge is 0.225 e. The van der Waals surface area contributed by atoms with Gasteiger partial charge in [0.15, 0.2) is 0 Å². The number of fused-ring (bicyclic) bond motifs is 1. The van der Waals surface area contributed by atoms with E-state index in [-0.39, 0.29) is 35.6 Å². The monoisotopic (exact) mass is 376 g/mol. The summed E-state index contributed by atoms with van der Waals surface area (Å²) in [5.41, 5.74) is 0.860. The molecule has 3 atom stereocenters. The van der Waals surface area contributed by atoms with Gasteiger partial charge in [0.1, 0.15) is 5.82 Å². The zero-order valence-electron chi connectivity index (χ0n) is 16.2. The molecular weight excluding hydrogens is 347 g/mol. The van der Waals surface area contributed by atoms with Gasteiger partial charge in [-0.3, -0.25) is 9.59 Å². The number of benzene rings is 1. The molecule has 0 N–H and O–H groups in total. The third-order valence-electron chi connectivity index (χ3n) is 5.88. The minimum absolute atomic E-state index is 0.0215. The molecule has 1 aromatic carbocycles. The highest BCUT2D eigenvalue weighted by atomic mass is 19.1. The van der Waals surface area contributed by atoms with E-state index in [0.29, 0.717) is 26.1 Å². The highest BCUT2D eigenvalue weighted by molar-refractivity contribution is 5.78. The van der Waals surface area contributed by atoms with Gasteiger partial charge in [0.25, 0.3) is 0 Å². The Balaban J connectivity index is 1.97. The maximum Gasteiger partial charge on any atom is 0.225 e. The molecule has 2 aliphatic heterocycles. The van der Waals surface area contributed by atoms with Crippen molar-refractivity contribution in [3.63, 3.8) is 0 Å². The Labute approximate surface area is 160 Å². The molecule has 3 rings (SSSR count). The summed E-state index contributed by atoms with van der Waals surface area (Å²) in [5.74, 6) is -0.276. The molecule has 27 heavy (non-hydrogen) atoms. The Morgan fingerprint density at radius 2 is 2.04 bits per heavy atom. The number of methoxy groups -OCH3 is 1. The van der Waals surface area contributed by atoms with Crippen molar-refractivity contribution < 1.29 is 18.7 Å². The number of rotatable bonds is 4. The van der Waals surface area contributed by atoms with Crippen molar-refractivity contribution in [3.8, 4) is 0 Å². The van der Waals surface area contributed by atoms with Crippen LogP contribution in [0.15, 0.2) is 24.3 Å². The third kappa shape index (κ3) is 4.32. The highest BCUT2D eigenvalue weighted by Crippen LogP contribution is 2.39. The Morgan fingerprint density at radius 1 is 1.22 bits per heavy atom. The average molecular weight is 376 g/mol. The van der Waals surface area contributed by atoms with Crippen molar-refractivity contribution in [2.45, 2.75) is 57.0 Å². The van der Waals surface area contributed by atoms with Gasteiger partial charge in [0.05, 0.1) is 25.1 Å². The maximum absolute atomic E-state index is 13.9. The van der Waals surface area contributed by atoms with Crippen LogP contribution in [-0.4, -0.2) is 60.5 Å². The van der Waals surface area contributed by atoms with Crippen LogP contribution in [0.2, 0.25) is 0 Å². The normalized spacial score (nSPS) is 25.7. The fourth-order valence-corrected chi connectivity index (χ4v) is 4.65. The maximum atomic E-state index is 13.9. The first-order valence-corrected chi connectivity index (χ1v) is 9.84. The Hall–Kier alpha value is -1.95. The van der Waals surface area contributed by atoms with Gasteiger partial charge in [0, 0.05) is 33.0 Å². The largest absolute Gasteiger partial charge is 0.384 e. The quantitative estimate of drug-likeness (QED) is 0.812. The third-order valence-corrected chi connectivity index (χ3v) is 5.88. The Morgan fingerprint density at radius 3 is 2.74 bits per heavy atom. The second kappa shape index (κ2) is 8.83. The zero-order valence-corrected chi connectivity index (χ0v) is 16.2. The van der Waals surface area contributed by atoms with E-state index in [2.05, 4.69) is 0 Å². The number of halogens is 1. The molecule has 2 heterocycles. The molecule has 0 aliphatic carbocycles. The van der Waals surface area contributed by atoms with Gasteiger partial charge in [-0.05, 0) is 30.5 Å². The van der Waals surface area contributed by atoms with Gasteiger partial charge >= 0.3 is 0 Å². The van der Waals surface area contributed by atoms with E-state index in [1.54, 1.807) is 26.2 Å². The van der Waals surface area contributed by atoms with Crippen LogP contribution in [0.4, 0.5) is 4.39 Å². The van der Waals surface area contributed by atoms with Gasteiger partial charge in [-0.25, -0.2) is 4.39 Å². The topological polar surface area (TPSA) is 49.9 Å². The molecule has 148 valence electrons. The van der Waals surface area contributed by atoms with Crippen molar-refractivity contribution in [3.05, 3.63) is 35.6 Å². The standard InChI is InChI=1S/C21H29FN2O3/c1-15(25)23-11-5-3-4-9-19-21(23)18(16-7-6-8-17(22)13-16)14-24(19)20(26)10-12-27-2/h6-8,13,18-19,21H,3-5,9-12,14H2,1-2H3/t18-,19+,21-/m0/s1. The minimum atomic E-state index is -0.284. The van der Waals surface area contributed by atoms with E-state index in [9.17, 15) is 14.0 Å². The van der Waals surface area contributed by atoms with Gasteiger partial charge < -0.3 is 14.5 Å². The van der Waals surface area contributed by atoms with Crippen LogP contribution in [-0.2, 0) is 14.3 Å². The lowest BCUT2D eigenvalue weighted by molar-refractivity contribution is -0.137. The van der Waals surface area contributed by atoms with Crippen LogP contribution in [0.3, 0.4) is 0 Å². The van der Waals surface area contributed by atoms with Gasteiger partial charge in [-0.1, -0.05) is 25.0 Å². The summed E-state index contributed by atoms with van der Waals surface area (Å²) in [5, 5.41) is 0. The van der Waals surface area contributed by atoms with Crippen LogP contribution in [0.25, 0.3) is 0 Å². The predicted molar refractivity (Wildman–Crippen MR) is 101 cm³/mol. The lowest BCUT2D eigenvalue weighted by Gasteiger charge is -2.38. The van der Waals surface area contributed by atoms with E-state index in [0.717, 1.165) is 31.2 Å². The number of nitrogens with zero attached hydrogens (tertiary/aromatic N) is 2. The molecule has 0 bridgehead atoms. The van der Waals surface area contributed by atoms with E-state index in [1.807, 2.05) is 15.9 Å². The predicted octanol–water partition coefficient (Wildman–Crippen LogP) is 2.95. The number of likely N-dealkylation sites (tertiary alicyclic amines) is 2. The van der Waals surface area contributed by atoms with Crippen LogP contribution >= 0.6 is 0 Å². The first-order chi connectivity index (χ1) is 13.0. The van der Waals surface area contributed by atoms with Crippen molar-refractivity contribution in [1.29, 1.82) is 0 Å². The molecular formula is C21H29FN2O3. The van der Waals surface area contributed by atoms with Crippen molar-refractivity contribution in [2.75, 3.05) is 26.8 Å². The summed E-state index contributed by atoms with van der Waals surface area (Å²) >= 11 is 0. The van der Waals surface area contributed by atoms with E-state index in [4.69, 9.17) is 4.74 Å². The summed E-state index contributed by atoms with van der Waals surface area (Å²) in [7, 11) is 1.59. The average Bonchev–Trinajstić information content (AvgIpc) is 2.98. The van der Waals surface area contributed by atoms with Crippen molar-refractivity contribution >= 4 is 11.8 Å². The SMILES string of the molecule is COCCC(=O)N1C[C@@H](c2cccc(F)c2)[C@H]2[C@H]1CCCCCN2C(C)=O. The molecule has 2 fully saturated rings. The summed E-state index contributed by atoms with van der Waals surface area (Å²) in [4.78, 5) is 29.1. The Kier molecular flexibility index (Phi) is 6.47. The number of hydrogen-bond donors (Lipinski definition) is 0. The van der Waals surface area contributed by atoms with Crippen LogP contribution in [0, 0.1) is 5.82 Å². The van der Waals surface area contributed by atoms with Gasteiger partial charge in [-0.2, -0.15) is 0 Å². The van der Waals surface area contributed by atoms with E-state index >= 15 is 0 Å². The number of amides is 2. The summed E-state index contributed by atoms with van der Waals surface area (Å²) < 4.78 is 19.0. The molecule has 5 nitrogen and oxygen atoms in total. The molecule has 2 amide bonds. The zero-order chi connectivity index (χ0) is 19.4. The molecule has 0 unspecified atom stereocenters. The first-order valence-electron chi connectivity index (χ1n) is 9.84. The highest BCUT2D eigenvalue weighted by Gasteiger charge is 2.47. The summed E-state index contributed by atoms with van der Waals surface area (Å²) in [6.45, 7) is 3.19. The number of carbonyl (C=O) groups is 2. The molecule has 2 aliphatic rings.